The monoisotopic (exact) mass is 849 g/mol. The zero-order valence-electron chi connectivity index (χ0n) is 38.5. The first-order valence-corrected chi connectivity index (χ1v) is 24.7. The van der Waals surface area contributed by atoms with E-state index in [4.69, 9.17) is 18.9 Å². The van der Waals surface area contributed by atoms with Gasteiger partial charge in [-0.2, -0.15) is 0 Å². The molecule has 1 saturated heterocycles. The van der Waals surface area contributed by atoms with Gasteiger partial charge in [0.15, 0.2) is 6.29 Å². The van der Waals surface area contributed by atoms with E-state index >= 15 is 0 Å². The lowest BCUT2D eigenvalue weighted by molar-refractivity contribution is -0.305. The Kier molecular flexibility index (Phi) is 39.7. The zero-order valence-corrected chi connectivity index (χ0v) is 38.5. The topological polar surface area (TPSA) is 135 Å². The van der Waals surface area contributed by atoms with E-state index in [1.165, 1.54) is 141 Å². The van der Waals surface area contributed by atoms with Gasteiger partial charge in [0.2, 0.25) is 0 Å². The number of allylic oxidation sites excluding steroid dienone is 8. The van der Waals surface area contributed by atoms with E-state index in [2.05, 4.69) is 62.5 Å². The average Bonchev–Trinajstić information content (AvgIpc) is 3.25. The summed E-state index contributed by atoms with van der Waals surface area (Å²) in [4.78, 5) is 12.8. The first-order chi connectivity index (χ1) is 29.4. The summed E-state index contributed by atoms with van der Waals surface area (Å²) < 4.78 is 22.9. The van der Waals surface area contributed by atoms with Crippen molar-refractivity contribution in [2.75, 3.05) is 26.4 Å². The summed E-state index contributed by atoms with van der Waals surface area (Å²) in [5.41, 5.74) is 0. The molecule has 1 heterocycles. The molecular weight excluding hydrogens is 757 g/mol. The van der Waals surface area contributed by atoms with Crippen LogP contribution < -0.4 is 0 Å². The Morgan fingerprint density at radius 2 is 0.967 bits per heavy atom. The fourth-order valence-corrected chi connectivity index (χ4v) is 7.32. The molecule has 0 aliphatic carbocycles. The minimum Gasteiger partial charge on any atom is -0.457 e. The molecule has 4 N–H and O–H groups in total. The Balaban J connectivity index is 2.23. The van der Waals surface area contributed by atoms with Gasteiger partial charge in [-0.1, -0.05) is 172 Å². The van der Waals surface area contributed by atoms with Crippen molar-refractivity contribution in [3.63, 3.8) is 0 Å². The van der Waals surface area contributed by atoms with Crippen LogP contribution in [0.15, 0.2) is 48.6 Å². The number of esters is 1. The van der Waals surface area contributed by atoms with Crippen LogP contribution in [0.1, 0.15) is 206 Å². The van der Waals surface area contributed by atoms with E-state index in [9.17, 15) is 25.2 Å². The van der Waals surface area contributed by atoms with E-state index in [0.717, 1.165) is 44.9 Å². The molecule has 0 saturated carbocycles. The molecule has 6 atom stereocenters. The molecule has 1 rings (SSSR count). The number of aliphatic hydroxyl groups excluding tert-OH is 4. The van der Waals surface area contributed by atoms with E-state index in [-0.39, 0.29) is 19.2 Å². The summed E-state index contributed by atoms with van der Waals surface area (Å²) in [5.74, 6) is -0.320. The fourth-order valence-electron chi connectivity index (χ4n) is 7.32. The molecule has 0 aromatic carbocycles. The van der Waals surface area contributed by atoms with E-state index in [1.54, 1.807) is 0 Å². The second-order valence-corrected chi connectivity index (χ2v) is 16.9. The molecule has 9 heteroatoms. The van der Waals surface area contributed by atoms with Gasteiger partial charge in [-0.25, -0.2) is 0 Å². The number of rotatable bonds is 42. The van der Waals surface area contributed by atoms with E-state index in [1.807, 2.05) is 0 Å². The van der Waals surface area contributed by atoms with Crippen molar-refractivity contribution in [3.05, 3.63) is 48.6 Å². The van der Waals surface area contributed by atoms with Crippen molar-refractivity contribution >= 4 is 5.97 Å². The Labute approximate surface area is 367 Å². The van der Waals surface area contributed by atoms with E-state index in [0.29, 0.717) is 13.0 Å². The van der Waals surface area contributed by atoms with Crippen LogP contribution in [0.25, 0.3) is 0 Å². The number of hydrogen-bond acceptors (Lipinski definition) is 9. The predicted molar refractivity (Wildman–Crippen MR) is 247 cm³/mol. The standard InChI is InChI=1S/C51H92O9/c1-3-5-7-9-11-13-15-17-19-21-23-24-26-28-30-32-34-36-38-40-47(53)59-45(44-58-51-50(56)49(55)48(54)46(42-52)60-51)43-57-41-39-37-35-33-31-29-27-25-22-20-18-16-14-12-10-8-6-4-2/h11-14,17-20,45-46,48-52,54-56H,3-10,15-16,21-44H2,1-2H3/b13-11-,14-12-,19-17-,20-18-. The number of aliphatic hydroxyl groups is 4. The summed E-state index contributed by atoms with van der Waals surface area (Å²) >= 11 is 0. The number of carbonyl (C=O) groups excluding carboxylic acids is 1. The number of carbonyl (C=O) groups is 1. The van der Waals surface area contributed by atoms with Gasteiger partial charge in [-0.15, -0.1) is 0 Å². The summed E-state index contributed by atoms with van der Waals surface area (Å²) in [6.45, 7) is 4.50. The van der Waals surface area contributed by atoms with E-state index < -0.39 is 43.4 Å². The van der Waals surface area contributed by atoms with Gasteiger partial charge < -0.3 is 39.4 Å². The van der Waals surface area contributed by atoms with Gasteiger partial charge >= 0.3 is 5.97 Å². The molecular formula is C51H92O9. The van der Waals surface area contributed by atoms with Crippen molar-refractivity contribution in [3.8, 4) is 0 Å². The third-order valence-electron chi connectivity index (χ3n) is 11.2. The van der Waals surface area contributed by atoms with Gasteiger partial charge in [-0.3, -0.25) is 4.79 Å². The molecule has 0 radical (unpaired) electrons. The van der Waals surface area contributed by atoms with Crippen molar-refractivity contribution in [2.45, 2.75) is 243 Å². The van der Waals surface area contributed by atoms with Crippen molar-refractivity contribution in [2.24, 2.45) is 0 Å². The summed E-state index contributed by atoms with van der Waals surface area (Å²) in [6, 6.07) is 0. The maximum absolute atomic E-state index is 12.8. The SMILES string of the molecule is CCCCC/C=C\C/C=C\CCCCCCCCCCCC(=O)OC(COCCCCCCCCCC/C=C\C/C=C\CCCCC)COC1OC(CO)C(O)C(O)C1O. The Morgan fingerprint density at radius 1 is 0.533 bits per heavy atom. The largest absolute Gasteiger partial charge is 0.457 e. The molecule has 1 aliphatic heterocycles. The Bertz CT molecular complexity index is 1060. The molecule has 0 spiro atoms. The first-order valence-electron chi connectivity index (χ1n) is 24.7. The smallest absolute Gasteiger partial charge is 0.306 e. The minimum atomic E-state index is -1.54. The lowest BCUT2D eigenvalue weighted by Gasteiger charge is -2.39. The second kappa shape index (κ2) is 42.5. The van der Waals surface area contributed by atoms with Crippen LogP contribution in [0, 0.1) is 0 Å². The molecule has 1 fully saturated rings. The van der Waals surface area contributed by atoms with Gasteiger partial charge in [0, 0.05) is 13.0 Å². The zero-order chi connectivity index (χ0) is 43.6. The third-order valence-corrected chi connectivity index (χ3v) is 11.2. The highest BCUT2D eigenvalue weighted by atomic mass is 16.7. The molecule has 60 heavy (non-hydrogen) atoms. The molecule has 0 bridgehead atoms. The number of unbranched alkanes of at least 4 members (excludes halogenated alkanes) is 23. The molecule has 0 amide bonds. The maximum Gasteiger partial charge on any atom is 0.306 e. The van der Waals surface area contributed by atoms with Crippen molar-refractivity contribution < 1.29 is 44.2 Å². The van der Waals surface area contributed by atoms with Crippen LogP contribution in [-0.4, -0.2) is 89.6 Å². The molecule has 0 aromatic rings. The third kappa shape index (κ3) is 32.8. The van der Waals surface area contributed by atoms with Crippen LogP contribution in [0.5, 0.6) is 0 Å². The summed E-state index contributed by atoms with van der Waals surface area (Å²) in [7, 11) is 0. The summed E-state index contributed by atoms with van der Waals surface area (Å²) in [6.07, 6.45) is 45.6. The van der Waals surface area contributed by atoms with Crippen LogP contribution in [0.3, 0.4) is 0 Å². The highest BCUT2D eigenvalue weighted by molar-refractivity contribution is 5.69. The molecule has 350 valence electrons. The Hall–Kier alpha value is -1.85. The van der Waals surface area contributed by atoms with Crippen molar-refractivity contribution in [1.82, 2.24) is 0 Å². The molecule has 9 nitrogen and oxygen atoms in total. The molecule has 6 unspecified atom stereocenters. The average molecular weight is 849 g/mol. The highest BCUT2D eigenvalue weighted by Gasteiger charge is 2.44. The van der Waals surface area contributed by atoms with Crippen LogP contribution in [0.2, 0.25) is 0 Å². The van der Waals surface area contributed by atoms with Gasteiger partial charge in [0.1, 0.15) is 30.5 Å². The highest BCUT2D eigenvalue weighted by Crippen LogP contribution is 2.23. The minimum absolute atomic E-state index is 0.118. The lowest BCUT2D eigenvalue weighted by atomic mass is 9.99. The quantitative estimate of drug-likeness (QED) is 0.0269. The number of ether oxygens (including phenoxy) is 4. The molecule has 0 aromatic heterocycles. The summed E-state index contributed by atoms with van der Waals surface area (Å²) in [5, 5.41) is 40.2. The van der Waals surface area contributed by atoms with Gasteiger partial charge in [0.05, 0.1) is 19.8 Å². The fraction of sp³-hybridized carbons (Fsp3) is 0.824. The van der Waals surface area contributed by atoms with Crippen LogP contribution >= 0.6 is 0 Å². The van der Waals surface area contributed by atoms with Gasteiger partial charge in [-0.05, 0) is 77.0 Å². The predicted octanol–water partition coefficient (Wildman–Crippen LogP) is 11.7. The maximum atomic E-state index is 12.8. The normalized spacial score (nSPS) is 20.4. The van der Waals surface area contributed by atoms with Crippen LogP contribution in [-0.2, 0) is 23.7 Å². The molecule has 1 aliphatic rings. The second-order valence-electron chi connectivity index (χ2n) is 16.9. The van der Waals surface area contributed by atoms with Gasteiger partial charge in [0.25, 0.3) is 0 Å². The van der Waals surface area contributed by atoms with Crippen molar-refractivity contribution in [1.29, 1.82) is 0 Å². The lowest BCUT2D eigenvalue weighted by Crippen LogP contribution is -2.59. The Morgan fingerprint density at radius 3 is 1.43 bits per heavy atom. The number of hydrogen-bond donors (Lipinski definition) is 4. The first kappa shape index (κ1) is 56.2. The van der Waals surface area contributed by atoms with Crippen LogP contribution in [0.4, 0.5) is 0 Å².